The Labute approximate surface area is 99.8 Å². The number of aliphatic hydroxyl groups is 3. The minimum Gasteiger partial charge on any atom is -0.479 e. The van der Waals surface area contributed by atoms with E-state index in [1.165, 1.54) is 0 Å². The van der Waals surface area contributed by atoms with Crippen molar-refractivity contribution in [2.75, 3.05) is 0 Å². The van der Waals surface area contributed by atoms with Crippen molar-refractivity contribution in [2.45, 2.75) is 57.7 Å². The molecule has 100 valence electrons. The van der Waals surface area contributed by atoms with Crippen LogP contribution in [0.1, 0.15) is 27.2 Å². The maximum Gasteiger partial charge on any atom is 0.335 e. The van der Waals surface area contributed by atoms with Crippen LogP contribution in [0.3, 0.4) is 0 Å². The highest BCUT2D eigenvalue weighted by atomic mass is 16.6. The molecule has 0 amide bonds. The van der Waals surface area contributed by atoms with Crippen LogP contribution in [0.15, 0.2) is 0 Å². The molecule has 5 atom stereocenters. The van der Waals surface area contributed by atoms with Gasteiger partial charge in [0.25, 0.3) is 0 Å². The van der Waals surface area contributed by atoms with Gasteiger partial charge in [0.1, 0.15) is 18.3 Å². The van der Waals surface area contributed by atoms with Gasteiger partial charge in [0.15, 0.2) is 6.10 Å². The van der Waals surface area contributed by atoms with Crippen molar-refractivity contribution in [1.29, 1.82) is 0 Å². The van der Waals surface area contributed by atoms with Crippen molar-refractivity contribution in [3.05, 3.63) is 0 Å². The van der Waals surface area contributed by atoms with Gasteiger partial charge in [0.05, 0.1) is 6.10 Å². The van der Waals surface area contributed by atoms with Gasteiger partial charge in [-0.2, -0.15) is 0 Å². The molecule has 0 aromatic rings. The Morgan fingerprint density at radius 3 is 2.12 bits per heavy atom. The van der Waals surface area contributed by atoms with Crippen LogP contribution < -0.4 is 0 Å². The van der Waals surface area contributed by atoms with Gasteiger partial charge in [-0.1, -0.05) is 20.8 Å². The molecule has 0 bridgehead atoms. The zero-order chi connectivity index (χ0) is 13.4. The molecule has 0 saturated carbocycles. The van der Waals surface area contributed by atoms with Crippen LogP contribution in [0.4, 0.5) is 0 Å². The number of ether oxygens (including phenoxy) is 1. The quantitative estimate of drug-likeness (QED) is 0.529. The number of carboxylic acid groups (broad SMARTS) is 1. The lowest BCUT2D eigenvalue weighted by Gasteiger charge is -2.45. The van der Waals surface area contributed by atoms with E-state index < -0.39 is 41.9 Å². The van der Waals surface area contributed by atoms with Crippen molar-refractivity contribution in [3.8, 4) is 0 Å². The zero-order valence-corrected chi connectivity index (χ0v) is 10.2. The summed E-state index contributed by atoms with van der Waals surface area (Å²) in [4.78, 5) is 10.9. The number of aliphatic hydroxyl groups excluding tert-OH is 3. The van der Waals surface area contributed by atoms with E-state index in [4.69, 9.17) is 9.84 Å². The maximum absolute atomic E-state index is 10.9. The van der Waals surface area contributed by atoms with Gasteiger partial charge in [-0.25, -0.2) is 4.79 Å². The normalized spacial score (nSPS) is 39.1. The number of carbonyl (C=O) groups is 1. The van der Waals surface area contributed by atoms with E-state index in [-0.39, 0.29) is 0 Å². The van der Waals surface area contributed by atoms with Crippen molar-refractivity contribution in [3.63, 3.8) is 0 Å². The molecule has 1 rings (SSSR count). The summed E-state index contributed by atoms with van der Waals surface area (Å²) < 4.78 is 5.24. The van der Waals surface area contributed by atoms with Gasteiger partial charge in [-0.05, 0) is 11.8 Å². The molecule has 17 heavy (non-hydrogen) atoms. The van der Waals surface area contributed by atoms with Crippen molar-refractivity contribution < 1.29 is 30.0 Å². The lowest BCUT2D eigenvalue weighted by Crippen LogP contribution is -2.62. The third kappa shape index (κ3) is 2.60. The predicted molar refractivity (Wildman–Crippen MR) is 58.4 cm³/mol. The first-order valence-corrected chi connectivity index (χ1v) is 5.65. The summed E-state index contributed by atoms with van der Waals surface area (Å²) in [5, 5.41) is 37.9. The second-order valence-electron chi connectivity index (χ2n) is 5.13. The van der Waals surface area contributed by atoms with E-state index in [0.29, 0.717) is 6.42 Å². The van der Waals surface area contributed by atoms with E-state index >= 15 is 0 Å². The number of rotatable bonds is 3. The molecule has 1 heterocycles. The first kappa shape index (κ1) is 14.4. The molecule has 0 radical (unpaired) electrons. The average Bonchev–Trinajstić information content (AvgIpc) is 2.25. The summed E-state index contributed by atoms with van der Waals surface area (Å²) in [5.74, 6) is -1.35. The minimum absolute atomic E-state index is 0.492. The van der Waals surface area contributed by atoms with Crippen LogP contribution in [0, 0.1) is 5.41 Å². The lowest BCUT2D eigenvalue weighted by atomic mass is 9.77. The zero-order valence-electron chi connectivity index (χ0n) is 10.2. The van der Waals surface area contributed by atoms with Gasteiger partial charge < -0.3 is 25.2 Å². The van der Waals surface area contributed by atoms with E-state index in [2.05, 4.69) is 0 Å². The monoisotopic (exact) mass is 248 g/mol. The Morgan fingerprint density at radius 1 is 1.18 bits per heavy atom. The molecule has 1 aliphatic heterocycles. The lowest BCUT2D eigenvalue weighted by molar-refractivity contribution is -0.248. The Kier molecular flexibility index (Phi) is 4.14. The molecule has 0 spiro atoms. The molecule has 0 aromatic heterocycles. The van der Waals surface area contributed by atoms with Gasteiger partial charge in [-0.15, -0.1) is 0 Å². The van der Waals surface area contributed by atoms with E-state index in [1.54, 1.807) is 0 Å². The second-order valence-corrected chi connectivity index (χ2v) is 5.13. The first-order valence-electron chi connectivity index (χ1n) is 5.65. The standard InChI is InChI=1S/C11H20O6/c1-4-11(2,3)9-7(14)5(12)6(13)8(17-9)10(15)16/h5-9,12-14H,4H2,1-3H3,(H,15,16). The number of carboxylic acids is 1. The van der Waals surface area contributed by atoms with E-state index in [0.717, 1.165) is 0 Å². The molecular weight excluding hydrogens is 228 g/mol. The molecule has 5 unspecified atom stereocenters. The van der Waals surface area contributed by atoms with Gasteiger partial charge >= 0.3 is 5.97 Å². The number of hydrogen-bond acceptors (Lipinski definition) is 5. The van der Waals surface area contributed by atoms with Crippen LogP contribution in [-0.4, -0.2) is 56.9 Å². The average molecular weight is 248 g/mol. The Hall–Kier alpha value is -0.690. The van der Waals surface area contributed by atoms with Gasteiger partial charge in [0.2, 0.25) is 0 Å². The molecule has 1 aliphatic rings. The van der Waals surface area contributed by atoms with Crippen LogP contribution in [-0.2, 0) is 9.53 Å². The maximum atomic E-state index is 10.9. The van der Waals surface area contributed by atoms with Crippen LogP contribution in [0.5, 0.6) is 0 Å². The fraction of sp³-hybridized carbons (Fsp3) is 0.909. The Bertz CT molecular complexity index is 290. The second kappa shape index (κ2) is 4.89. The van der Waals surface area contributed by atoms with Crippen LogP contribution in [0.2, 0.25) is 0 Å². The van der Waals surface area contributed by atoms with E-state index in [1.807, 2.05) is 20.8 Å². The van der Waals surface area contributed by atoms with Crippen LogP contribution in [0.25, 0.3) is 0 Å². The first-order chi connectivity index (χ1) is 7.72. The summed E-state index contributed by atoms with van der Waals surface area (Å²) in [6, 6.07) is 0. The fourth-order valence-electron chi connectivity index (χ4n) is 1.93. The van der Waals surface area contributed by atoms with Crippen molar-refractivity contribution >= 4 is 5.97 Å². The van der Waals surface area contributed by atoms with Gasteiger partial charge in [0, 0.05) is 0 Å². The molecule has 0 aliphatic carbocycles. The third-order valence-electron chi connectivity index (χ3n) is 3.54. The topological polar surface area (TPSA) is 107 Å². The summed E-state index contributed by atoms with van der Waals surface area (Å²) in [7, 11) is 0. The largest absolute Gasteiger partial charge is 0.479 e. The summed E-state index contributed by atoms with van der Waals surface area (Å²) >= 11 is 0. The predicted octanol–water partition coefficient (Wildman–Crippen LogP) is -0.643. The van der Waals surface area contributed by atoms with E-state index in [9.17, 15) is 20.1 Å². The fourth-order valence-corrected chi connectivity index (χ4v) is 1.93. The van der Waals surface area contributed by atoms with Crippen molar-refractivity contribution in [1.82, 2.24) is 0 Å². The number of aliphatic carboxylic acids is 1. The Morgan fingerprint density at radius 2 is 1.71 bits per heavy atom. The molecule has 0 aromatic carbocycles. The molecule has 4 N–H and O–H groups in total. The molecule has 6 nitrogen and oxygen atoms in total. The molecule has 6 heteroatoms. The van der Waals surface area contributed by atoms with Gasteiger partial charge in [-0.3, -0.25) is 0 Å². The van der Waals surface area contributed by atoms with Crippen molar-refractivity contribution in [2.24, 2.45) is 5.41 Å². The molecular formula is C11H20O6. The highest BCUT2D eigenvalue weighted by molar-refractivity contribution is 5.73. The summed E-state index contributed by atoms with van der Waals surface area (Å²) in [5.41, 5.74) is -0.492. The summed E-state index contributed by atoms with van der Waals surface area (Å²) in [6.07, 6.45) is -6.12. The highest BCUT2D eigenvalue weighted by Crippen LogP contribution is 2.35. The SMILES string of the molecule is CCC(C)(C)C1OC(C(=O)O)C(O)C(O)C1O. The number of hydrogen-bond donors (Lipinski definition) is 4. The summed E-state index contributed by atoms with van der Waals surface area (Å²) in [6.45, 7) is 5.50. The molecule has 1 saturated heterocycles. The van der Waals surface area contributed by atoms with Crippen LogP contribution >= 0.6 is 0 Å². The smallest absolute Gasteiger partial charge is 0.335 e. The molecule has 1 fully saturated rings. The third-order valence-corrected chi connectivity index (χ3v) is 3.54. The Balaban J connectivity index is 2.97. The highest BCUT2D eigenvalue weighted by Gasteiger charge is 2.50. The minimum atomic E-state index is -1.62.